The summed E-state index contributed by atoms with van der Waals surface area (Å²) in [6.45, 7) is 1.47. The van der Waals surface area contributed by atoms with Crippen LogP contribution in [0.4, 0.5) is 10.2 Å². The zero-order valence-electron chi connectivity index (χ0n) is 16.9. The van der Waals surface area contributed by atoms with E-state index in [9.17, 15) is 14.0 Å². The highest BCUT2D eigenvalue weighted by Crippen LogP contribution is 2.19. The van der Waals surface area contributed by atoms with Crippen molar-refractivity contribution in [2.24, 2.45) is 5.92 Å². The molecule has 0 radical (unpaired) electrons. The molecule has 0 spiro atoms. The molecule has 0 aliphatic carbocycles. The van der Waals surface area contributed by atoms with Gasteiger partial charge in [-0.2, -0.15) is 0 Å². The second-order valence-electron chi connectivity index (χ2n) is 7.58. The molecule has 3 rings (SSSR count). The Bertz CT molecular complexity index is 854. The lowest BCUT2D eigenvalue weighted by Crippen LogP contribution is -2.45. The van der Waals surface area contributed by atoms with Crippen LogP contribution in [-0.4, -0.2) is 48.9 Å². The highest BCUT2D eigenvalue weighted by molar-refractivity contribution is 5.82. The number of hydrogen-bond acceptors (Lipinski definition) is 4. The first-order valence-electron chi connectivity index (χ1n) is 9.85. The van der Waals surface area contributed by atoms with Gasteiger partial charge < -0.3 is 15.1 Å². The van der Waals surface area contributed by atoms with Crippen LogP contribution >= 0.6 is 0 Å². The first kappa shape index (κ1) is 20.8. The number of aromatic nitrogens is 1. The normalized spacial score (nSPS) is 16.4. The minimum Gasteiger partial charge on any atom is -0.362 e. The largest absolute Gasteiger partial charge is 0.362 e. The van der Waals surface area contributed by atoms with Crippen LogP contribution in [0.5, 0.6) is 0 Å². The van der Waals surface area contributed by atoms with Crippen LogP contribution in [0, 0.1) is 11.7 Å². The van der Waals surface area contributed by atoms with Crippen molar-refractivity contribution < 1.29 is 14.0 Å². The van der Waals surface area contributed by atoms with Gasteiger partial charge in [-0.05, 0) is 36.6 Å². The zero-order chi connectivity index (χ0) is 20.8. The Kier molecular flexibility index (Phi) is 6.80. The quantitative estimate of drug-likeness (QED) is 0.812. The fourth-order valence-corrected chi connectivity index (χ4v) is 3.60. The Morgan fingerprint density at radius 2 is 2.00 bits per heavy atom. The fourth-order valence-electron chi connectivity index (χ4n) is 3.60. The molecule has 1 aromatic carbocycles. The van der Waals surface area contributed by atoms with Crippen LogP contribution in [0.25, 0.3) is 0 Å². The van der Waals surface area contributed by atoms with E-state index in [4.69, 9.17) is 0 Å². The number of pyridine rings is 1. The third kappa shape index (κ3) is 5.53. The van der Waals surface area contributed by atoms with Crippen LogP contribution in [0.15, 0.2) is 42.6 Å². The van der Waals surface area contributed by atoms with Crippen molar-refractivity contribution in [2.75, 3.05) is 32.1 Å². The number of likely N-dealkylation sites (tertiary alicyclic amines) is 1. The summed E-state index contributed by atoms with van der Waals surface area (Å²) in [5.74, 6) is 0.212. The van der Waals surface area contributed by atoms with E-state index in [0.717, 1.165) is 29.8 Å². The van der Waals surface area contributed by atoms with Gasteiger partial charge >= 0.3 is 0 Å². The summed E-state index contributed by atoms with van der Waals surface area (Å²) in [6.07, 6.45) is 3.51. The van der Waals surface area contributed by atoms with Gasteiger partial charge in [0.2, 0.25) is 11.8 Å². The average Bonchev–Trinajstić information content (AvgIpc) is 2.73. The first-order valence-corrected chi connectivity index (χ1v) is 9.85. The van der Waals surface area contributed by atoms with E-state index in [1.54, 1.807) is 23.2 Å². The van der Waals surface area contributed by atoms with Crippen LogP contribution in [0.1, 0.15) is 24.0 Å². The van der Waals surface area contributed by atoms with E-state index < -0.39 is 0 Å². The number of amides is 2. The molecule has 29 heavy (non-hydrogen) atoms. The molecule has 2 heterocycles. The van der Waals surface area contributed by atoms with Gasteiger partial charge in [-0.25, -0.2) is 9.37 Å². The number of anilines is 1. The molecule has 0 saturated carbocycles. The number of halogens is 1. The predicted octanol–water partition coefficient (Wildman–Crippen LogP) is 2.38. The van der Waals surface area contributed by atoms with Gasteiger partial charge in [-0.1, -0.05) is 18.2 Å². The molecule has 1 unspecified atom stereocenters. The average molecular weight is 398 g/mol. The first-order chi connectivity index (χ1) is 13.9. The van der Waals surface area contributed by atoms with E-state index in [1.807, 2.05) is 31.1 Å². The lowest BCUT2D eigenvalue weighted by molar-refractivity contribution is -0.135. The number of benzene rings is 1. The van der Waals surface area contributed by atoms with Crippen LogP contribution in [0.2, 0.25) is 0 Å². The SMILES string of the molecule is CN(C)c1ncccc1CNC(=O)C1CCCN(C(=O)Cc2ccc(F)cc2)C1. The van der Waals surface area contributed by atoms with Crippen molar-refractivity contribution in [1.82, 2.24) is 15.2 Å². The Morgan fingerprint density at radius 3 is 2.72 bits per heavy atom. The minimum absolute atomic E-state index is 0.0312. The van der Waals surface area contributed by atoms with Crippen molar-refractivity contribution >= 4 is 17.6 Å². The molecule has 1 aliphatic heterocycles. The third-order valence-corrected chi connectivity index (χ3v) is 5.16. The van der Waals surface area contributed by atoms with Crippen molar-refractivity contribution in [3.63, 3.8) is 0 Å². The van der Waals surface area contributed by atoms with Crippen molar-refractivity contribution in [2.45, 2.75) is 25.8 Å². The molecule has 1 fully saturated rings. The standard InChI is InChI=1S/C22H27FN4O2/c1-26(2)21-17(5-3-11-24-21)14-25-22(29)18-6-4-12-27(15-18)20(28)13-16-7-9-19(23)10-8-16/h3,5,7-11,18H,4,6,12-15H2,1-2H3,(H,25,29). The summed E-state index contributed by atoms with van der Waals surface area (Å²) >= 11 is 0. The van der Waals surface area contributed by atoms with E-state index >= 15 is 0 Å². The maximum absolute atomic E-state index is 13.0. The van der Waals surface area contributed by atoms with E-state index in [0.29, 0.717) is 19.6 Å². The molecule has 2 amide bonds. The third-order valence-electron chi connectivity index (χ3n) is 5.16. The highest BCUT2D eigenvalue weighted by atomic mass is 19.1. The molecule has 7 heteroatoms. The van der Waals surface area contributed by atoms with E-state index in [-0.39, 0.29) is 30.0 Å². The maximum atomic E-state index is 13.0. The smallest absolute Gasteiger partial charge is 0.227 e. The maximum Gasteiger partial charge on any atom is 0.227 e. The van der Waals surface area contributed by atoms with Gasteiger partial charge in [0.15, 0.2) is 0 Å². The lowest BCUT2D eigenvalue weighted by atomic mass is 9.96. The Morgan fingerprint density at radius 1 is 1.24 bits per heavy atom. The topological polar surface area (TPSA) is 65.5 Å². The molecule has 1 saturated heterocycles. The van der Waals surface area contributed by atoms with Crippen molar-refractivity contribution in [3.8, 4) is 0 Å². The Balaban J connectivity index is 1.55. The van der Waals surface area contributed by atoms with Crippen LogP contribution < -0.4 is 10.2 Å². The summed E-state index contributed by atoms with van der Waals surface area (Å²) < 4.78 is 13.0. The zero-order valence-corrected chi connectivity index (χ0v) is 16.9. The van der Waals surface area contributed by atoms with Gasteiger partial charge in [-0.15, -0.1) is 0 Å². The molecule has 6 nitrogen and oxygen atoms in total. The number of nitrogens with zero attached hydrogens (tertiary/aromatic N) is 3. The number of piperidine rings is 1. The summed E-state index contributed by atoms with van der Waals surface area (Å²) in [7, 11) is 3.83. The van der Waals surface area contributed by atoms with Gasteiger partial charge in [0.05, 0.1) is 12.3 Å². The number of carbonyl (C=O) groups is 2. The number of hydrogen-bond donors (Lipinski definition) is 1. The second-order valence-corrected chi connectivity index (χ2v) is 7.58. The molecule has 1 aliphatic rings. The molecular formula is C22H27FN4O2. The van der Waals surface area contributed by atoms with E-state index in [1.165, 1.54) is 12.1 Å². The summed E-state index contributed by atoms with van der Waals surface area (Å²) in [5, 5.41) is 2.99. The predicted molar refractivity (Wildman–Crippen MR) is 110 cm³/mol. The van der Waals surface area contributed by atoms with Gasteiger partial charge in [0.1, 0.15) is 11.6 Å². The van der Waals surface area contributed by atoms with Crippen LogP contribution in [-0.2, 0) is 22.6 Å². The Labute approximate surface area is 170 Å². The van der Waals surface area contributed by atoms with Crippen molar-refractivity contribution in [1.29, 1.82) is 0 Å². The van der Waals surface area contributed by atoms with Gasteiger partial charge in [0, 0.05) is 45.5 Å². The minimum atomic E-state index is -0.318. The molecule has 0 bridgehead atoms. The fraction of sp³-hybridized carbons (Fsp3) is 0.409. The van der Waals surface area contributed by atoms with E-state index in [2.05, 4.69) is 10.3 Å². The Hall–Kier alpha value is -2.96. The molecule has 2 aromatic rings. The number of rotatable bonds is 6. The van der Waals surface area contributed by atoms with Gasteiger partial charge in [0.25, 0.3) is 0 Å². The van der Waals surface area contributed by atoms with Gasteiger partial charge in [-0.3, -0.25) is 9.59 Å². The number of nitrogens with one attached hydrogen (secondary N) is 1. The molecular weight excluding hydrogens is 371 g/mol. The summed E-state index contributed by atoms with van der Waals surface area (Å²) in [6, 6.07) is 9.76. The summed E-state index contributed by atoms with van der Waals surface area (Å²) in [4.78, 5) is 33.3. The highest BCUT2D eigenvalue weighted by Gasteiger charge is 2.28. The molecule has 1 atom stereocenters. The molecule has 1 aromatic heterocycles. The summed E-state index contributed by atoms with van der Waals surface area (Å²) in [5.41, 5.74) is 1.72. The monoisotopic (exact) mass is 398 g/mol. The second kappa shape index (κ2) is 9.49. The molecule has 154 valence electrons. The number of carbonyl (C=O) groups excluding carboxylic acids is 2. The molecule has 1 N–H and O–H groups in total. The van der Waals surface area contributed by atoms with Crippen molar-refractivity contribution in [3.05, 3.63) is 59.5 Å². The van der Waals surface area contributed by atoms with Crippen LogP contribution in [0.3, 0.4) is 0 Å². The lowest BCUT2D eigenvalue weighted by Gasteiger charge is -2.32.